The average Bonchev–Trinajstić information content (AvgIpc) is 3.45. The summed E-state index contributed by atoms with van der Waals surface area (Å²) in [5.74, 6) is -0.472. The molecule has 37 heavy (non-hydrogen) atoms. The van der Waals surface area contributed by atoms with Crippen molar-refractivity contribution in [1.29, 1.82) is 0 Å². The van der Waals surface area contributed by atoms with Crippen LogP contribution in [0.15, 0.2) is 72.8 Å². The van der Waals surface area contributed by atoms with Crippen LogP contribution >= 0.6 is 0 Å². The summed E-state index contributed by atoms with van der Waals surface area (Å²) in [6.45, 7) is 2.71. The fourth-order valence-corrected chi connectivity index (χ4v) is 5.91. The Morgan fingerprint density at radius 2 is 1.68 bits per heavy atom. The zero-order chi connectivity index (χ0) is 25.8. The summed E-state index contributed by atoms with van der Waals surface area (Å²) in [7, 11) is 0. The number of nitrogens with one attached hydrogen (secondary N) is 1. The fraction of sp³-hybridized carbons (Fsp3) is 0.355. The van der Waals surface area contributed by atoms with Crippen molar-refractivity contribution in [3.05, 3.63) is 95.1 Å². The second-order valence-corrected chi connectivity index (χ2v) is 9.82. The van der Waals surface area contributed by atoms with Crippen LogP contribution in [0.1, 0.15) is 71.6 Å². The van der Waals surface area contributed by atoms with Gasteiger partial charge in [0, 0.05) is 23.7 Å². The Balaban J connectivity index is 1.58. The van der Waals surface area contributed by atoms with Gasteiger partial charge in [-0.05, 0) is 49.4 Å². The van der Waals surface area contributed by atoms with Gasteiger partial charge in [0.2, 0.25) is 5.91 Å². The van der Waals surface area contributed by atoms with E-state index in [1.54, 1.807) is 12.1 Å². The molecule has 0 saturated heterocycles. The number of phenolic OH excluding ortho intramolecular Hbond substituents is 1. The molecule has 1 aliphatic heterocycles. The van der Waals surface area contributed by atoms with Gasteiger partial charge in [-0.1, -0.05) is 73.5 Å². The van der Waals surface area contributed by atoms with Crippen molar-refractivity contribution in [1.82, 2.24) is 10.2 Å². The van der Waals surface area contributed by atoms with Gasteiger partial charge in [0.15, 0.2) is 11.5 Å². The Labute approximate surface area is 218 Å². The van der Waals surface area contributed by atoms with E-state index in [-0.39, 0.29) is 23.6 Å². The van der Waals surface area contributed by atoms with E-state index in [0.29, 0.717) is 36.4 Å². The first-order valence-electron chi connectivity index (χ1n) is 13.3. The maximum Gasteiger partial charge on any atom is 0.254 e. The van der Waals surface area contributed by atoms with Crippen molar-refractivity contribution in [3.63, 3.8) is 0 Å². The first-order valence-corrected chi connectivity index (χ1v) is 13.3. The number of carbonyl (C=O) groups is 2. The van der Waals surface area contributed by atoms with Gasteiger partial charge in [0.05, 0.1) is 18.6 Å². The van der Waals surface area contributed by atoms with Gasteiger partial charge in [-0.25, -0.2) is 0 Å². The number of benzene rings is 3. The topological polar surface area (TPSA) is 78.9 Å². The second-order valence-electron chi connectivity index (χ2n) is 9.82. The van der Waals surface area contributed by atoms with Crippen LogP contribution in [0.4, 0.5) is 0 Å². The largest absolute Gasteiger partial charge is 0.504 e. The van der Waals surface area contributed by atoms with E-state index in [9.17, 15) is 14.7 Å². The first-order chi connectivity index (χ1) is 18.1. The Morgan fingerprint density at radius 3 is 2.43 bits per heavy atom. The molecule has 0 spiro atoms. The van der Waals surface area contributed by atoms with Crippen molar-refractivity contribution < 1.29 is 19.4 Å². The van der Waals surface area contributed by atoms with E-state index in [1.165, 1.54) is 0 Å². The van der Waals surface area contributed by atoms with Crippen molar-refractivity contribution in [2.24, 2.45) is 0 Å². The van der Waals surface area contributed by atoms with Gasteiger partial charge in [0.25, 0.3) is 5.91 Å². The number of phenols is 1. The third kappa shape index (κ3) is 4.93. The number of carbonyl (C=O) groups excluding carboxylic acids is 2. The predicted octanol–water partition coefficient (Wildman–Crippen LogP) is 5.37. The molecule has 5 rings (SSSR count). The second kappa shape index (κ2) is 11.1. The van der Waals surface area contributed by atoms with Gasteiger partial charge in [-0.3, -0.25) is 9.59 Å². The minimum Gasteiger partial charge on any atom is -0.504 e. The number of amides is 2. The molecule has 1 saturated carbocycles. The van der Waals surface area contributed by atoms with E-state index in [1.807, 2.05) is 72.5 Å². The molecule has 2 N–H and O–H groups in total. The molecule has 0 radical (unpaired) electrons. The predicted molar refractivity (Wildman–Crippen MR) is 143 cm³/mol. The lowest BCUT2D eigenvalue weighted by Gasteiger charge is -2.45. The normalized spacial score (nSPS) is 19.5. The summed E-state index contributed by atoms with van der Waals surface area (Å²) in [6.07, 6.45) is 4.61. The summed E-state index contributed by atoms with van der Waals surface area (Å²) in [5, 5.41) is 13.9. The number of fused-ring (bicyclic) bond motifs is 1. The van der Waals surface area contributed by atoms with Crippen LogP contribution in [0.2, 0.25) is 0 Å². The molecule has 192 valence electrons. The number of nitrogens with zero attached hydrogens (tertiary/aromatic N) is 1. The van der Waals surface area contributed by atoms with Crippen LogP contribution < -0.4 is 10.1 Å². The molecule has 6 nitrogen and oxygen atoms in total. The Morgan fingerprint density at radius 1 is 0.973 bits per heavy atom. The third-order valence-corrected chi connectivity index (χ3v) is 7.56. The van der Waals surface area contributed by atoms with Crippen molar-refractivity contribution in [2.75, 3.05) is 13.2 Å². The highest BCUT2D eigenvalue weighted by molar-refractivity contribution is 6.01. The minimum atomic E-state index is -0.633. The molecule has 1 aliphatic carbocycles. The molecule has 6 heteroatoms. The summed E-state index contributed by atoms with van der Waals surface area (Å²) in [4.78, 5) is 29.9. The molecule has 2 aliphatic rings. The number of para-hydroxylation sites is 1. The van der Waals surface area contributed by atoms with Crippen LogP contribution in [0.5, 0.6) is 11.5 Å². The van der Waals surface area contributed by atoms with E-state index in [2.05, 4.69) is 5.32 Å². The number of aromatic hydroxyl groups is 1. The minimum absolute atomic E-state index is 0.0141. The lowest BCUT2D eigenvalue weighted by atomic mass is 9.78. The van der Waals surface area contributed by atoms with Crippen LogP contribution in [-0.2, 0) is 11.2 Å². The Bertz CT molecular complexity index is 1250. The molecule has 3 aromatic rings. The first kappa shape index (κ1) is 24.9. The van der Waals surface area contributed by atoms with Crippen molar-refractivity contribution in [3.8, 4) is 11.5 Å². The standard InChI is InChI=1S/C31H34N2O4/c1-2-37-29-25(17-10-18-26(29)34)28-27(30(35)32-20-19-21-11-4-3-5-12-21)23-15-8-9-16-24(23)31(36)33(28)22-13-6-7-14-22/h3-5,8-12,15-18,22,27-28,34H,2,6-7,13-14,19-20H2,1H3,(H,32,35)/t27-,28+/m1/s1. The zero-order valence-corrected chi connectivity index (χ0v) is 21.2. The highest BCUT2D eigenvalue weighted by Crippen LogP contribution is 2.49. The molecule has 1 heterocycles. The van der Waals surface area contributed by atoms with Gasteiger partial charge in [0.1, 0.15) is 0 Å². The van der Waals surface area contributed by atoms with Crippen LogP contribution in [-0.4, -0.2) is 41.0 Å². The molecule has 2 amide bonds. The van der Waals surface area contributed by atoms with E-state index >= 15 is 0 Å². The van der Waals surface area contributed by atoms with Crippen LogP contribution in [0.3, 0.4) is 0 Å². The monoisotopic (exact) mass is 498 g/mol. The molecule has 0 bridgehead atoms. The highest BCUT2D eigenvalue weighted by atomic mass is 16.5. The molecule has 2 atom stereocenters. The summed E-state index contributed by atoms with van der Waals surface area (Å²) in [6, 6.07) is 22.2. The highest BCUT2D eigenvalue weighted by Gasteiger charge is 2.48. The third-order valence-electron chi connectivity index (χ3n) is 7.56. The van der Waals surface area contributed by atoms with Gasteiger partial charge in [-0.15, -0.1) is 0 Å². The number of ether oxygens (including phenoxy) is 1. The maximum absolute atomic E-state index is 14.0. The van der Waals surface area contributed by atoms with E-state index < -0.39 is 12.0 Å². The van der Waals surface area contributed by atoms with Gasteiger partial charge < -0.3 is 20.1 Å². The molecule has 0 unspecified atom stereocenters. The van der Waals surface area contributed by atoms with Crippen LogP contribution in [0.25, 0.3) is 0 Å². The molecule has 0 aromatic heterocycles. The lowest BCUT2D eigenvalue weighted by molar-refractivity contribution is -0.124. The fourth-order valence-electron chi connectivity index (χ4n) is 5.91. The van der Waals surface area contributed by atoms with Gasteiger partial charge in [-0.2, -0.15) is 0 Å². The number of hydrogen-bond acceptors (Lipinski definition) is 4. The molecular formula is C31H34N2O4. The maximum atomic E-state index is 14.0. The summed E-state index contributed by atoms with van der Waals surface area (Å²) >= 11 is 0. The smallest absolute Gasteiger partial charge is 0.254 e. The number of hydrogen-bond donors (Lipinski definition) is 2. The number of rotatable bonds is 8. The van der Waals surface area contributed by atoms with Gasteiger partial charge >= 0.3 is 0 Å². The summed E-state index contributed by atoms with van der Waals surface area (Å²) < 4.78 is 5.90. The Hall–Kier alpha value is -3.80. The zero-order valence-electron chi connectivity index (χ0n) is 21.2. The van der Waals surface area contributed by atoms with Crippen LogP contribution in [0, 0.1) is 0 Å². The Kier molecular flexibility index (Phi) is 7.45. The van der Waals surface area contributed by atoms with Crippen molar-refractivity contribution in [2.45, 2.75) is 57.0 Å². The quantitative estimate of drug-likeness (QED) is 0.438. The molecule has 1 fully saturated rings. The SMILES string of the molecule is CCOc1c(O)cccc1[C@H]1[C@H](C(=O)NCCc2ccccc2)c2ccccc2C(=O)N1C1CCCC1. The van der Waals surface area contributed by atoms with E-state index in [4.69, 9.17) is 4.74 Å². The van der Waals surface area contributed by atoms with E-state index in [0.717, 1.165) is 36.8 Å². The molecule has 3 aromatic carbocycles. The average molecular weight is 499 g/mol. The lowest BCUT2D eigenvalue weighted by Crippen LogP contribution is -2.51. The van der Waals surface area contributed by atoms with Crippen molar-refractivity contribution >= 4 is 11.8 Å². The summed E-state index contributed by atoms with van der Waals surface area (Å²) in [5.41, 5.74) is 3.11. The molecular weight excluding hydrogens is 464 g/mol.